The molecule has 0 aromatic heterocycles. The van der Waals surface area contributed by atoms with Crippen LogP contribution in [0.5, 0.6) is 5.75 Å². The standard InChI is InChI=1S/C14H21NO3/c1-14(17,9-15-12-4-5-12)10-18-13-6-2-11(8-16)3-7-13/h2-3,6-7,12,15-17H,4-5,8-10H2,1H3. The fourth-order valence-electron chi connectivity index (χ4n) is 1.63. The van der Waals surface area contributed by atoms with Gasteiger partial charge in [-0.05, 0) is 37.5 Å². The molecule has 3 N–H and O–H groups in total. The molecule has 4 heteroatoms. The van der Waals surface area contributed by atoms with Crippen molar-refractivity contribution < 1.29 is 14.9 Å². The van der Waals surface area contributed by atoms with Crippen LogP contribution in [0, 0.1) is 0 Å². The number of rotatable bonds is 7. The van der Waals surface area contributed by atoms with Gasteiger partial charge in [0.05, 0.1) is 6.61 Å². The van der Waals surface area contributed by atoms with E-state index >= 15 is 0 Å². The molecule has 4 nitrogen and oxygen atoms in total. The van der Waals surface area contributed by atoms with E-state index in [0.717, 1.165) is 5.56 Å². The second-order valence-electron chi connectivity index (χ2n) is 5.24. The van der Waals surface area contributed by atoms with Crippen molar-refractivity contribution >= 4 is 0 Å². The molecule has 1 atom stereocenters. The van der Waals surface area contributed by atoms with Crippen molar-refractivity contribution in [3.8, 4) is 5.75 Å². The lowest BCUT2D eigenvalue weighted by molar-refractivity contribution is 0.0120. The topological polar surface area (TPSA) is 61.7 Å². The minimum absolute atomic E-state index is 0.0311. The average molecular weight is 251 g/mol. The van der Waals surface area contributed by atoms with Gasteiger partial charge in [0.15, 0.2) is 0 Å². The number of benzene rings is 1. The highest BCUT2D eigenvalue weighted by Crippen LogP contribution is 2.20. The SMILES string of the molecule is CC(O)(CNC1CC1)COc1ccc(CO)cc1. The minimum atomic E-state index is -0.863. The van der Waals surface area contributed by atoms with Crippen LogP contribution in [-0.2, 0) is 6.61 Å². The van der Waals surface area contributed by atoms with Gasteiger partial charge in [0.2, 0.25) is 0 Å². The van der Waals surface area contributed by atoms with E-state index in [1.807, 2.05) is 12.1 Å². The van der Waals surface area contributed by atoms with Crippen molar-refractivity contribution in [2.24, 2.45) is 0 Å². The van der Waals surface area contributed by atoms with Crippen molar-refractivity contribution in [2.75, 3.05) is 13.2 Å². The van der Waals surface area contributed by atoms with Gasteiger partial charge in [-0.3, -0.25) is 0 Å². The summed E-state index contributed by atoms with van der Waals surface area (Å²) >= 11 is 0. The molecule has 2 rings (SSSR count). The lowest BCUT2D eigenvalue weighted by Crippen LogP contribution is -2.43. The molecule has 0 radical (unpaired) electrons. The van der Waals surface area contributed by atoms with Gasteiger partial charge in [0, 0.05) is 12.6 Å². The molecule has 18 heavy (non-hydrogen) atoms. The van der Waals surface area contributed by atoms with Crippen LogP contribution in [0.15, 0.2) is 24.3 Å². The van der Waals surface area contributed by atoms with E-state index in [-0.39, 0.29) is 13.2 Å². The predicted octanol–water partition coefficient (Wildman–Crippen LogP) is 1.06. The first kappa shape index (κ1) is 13.3. The number of nitrogens with one attached hydrogen (secondary N) is 1. The molecule has 0 amide bonds. The Bertz CT molecular complexity index is 371. The molecule has 0 spiro atoms. The van der Waals surface area contributed by atoms with Crippen LogP contribution in [0.4, 0.5) is 0 Å². The van der Waals surface area contributed by atoms with E-state index in [4.69, 9.17) is 9.84 Å². The number of hydrogen-bond donors (Lipinski definition) is 3. The molecule has 1 aromatic carbocycles. The first-order chi connectivity index (χ1) is 8.59. The fraction of sp³-hybridized carbons (Fsp3) is 0.571. The van der Waals surface area contributed by atoms with Crippen LogP contribution in [0.2, 0.25) is 0 Å². The van der Waals surface area contributed by atoms with Gasteiger partial charge in [0.1, 0.15) is 18.0 Å². The summed E-state index contributed by atoms with van der Waals surface area (Å²) in [6.45, 7) is 2.60. The molecule has 0 bridgehead atoms. The van der Waals surface area contributed by atoms with Crippen molar-refractivity contribution in [1.29, 1.82) is 0 Å². The summed E-state index contributed by atoms with van der Waals surface area (Å²) in [4.78, 5) is 0. The van der Waals surface area contributed by atoms with E-state index in [2.05, 4.69) is 5.32 Å². The molecule has 1 saturated carbocycles. The van der Waals surface area contributed by atoms with Crippen LogP contribution in [-0.4, -0.2) is 35.0 Å². The molecular formula is C14H21NO3. The number of aliphatic hydroxyl groups is 2. The van der Waals surface area contributed by atoms with Gasteiger partial charge in [-0.2, -0.15) is 0 Å². The van der Waals surface area contributed by atoms with Gasteiger partial charge in [0.25, 0.3) is 0 Å². The van der Waals surface area contributed by atoms with Crippen LogP contribution in [0.3, 0.4) is 0 Å². The van der Waals surface area contributed by atoms with Crippen molar-refractivity contribution in [3.05, 3.63) is 29.8 Å². The lowest BCUT2D eigenvalue weighted by Gasteiger charge is -2.24. The van der Waals surface area contributed by atoms with Gasteiger partial charge >= 0.3 is 0 Å². The molecule has 100 valence electrons. The Balaban J connectivity index is 1.77. The molecule has 1 aliphatic carbocycles. The van der Waals surface area contributed by atoms with Gasteiger partial charge in [-0.1, -0.05) is 12.1 Å². The van der Waals surface area contributed by atoms with E-state index in [1.165, 1.54) is 12.8 Å². The summed E-state index contributed by atoms with van der Waals surface area (Å²) in [5.41, 5.74) is -0.0115. The largest absolute Gasteiger partial charge is 0.491 e. The second kappa shape index (κ2) is 5.69. The average Bonchev–Trinajstić information content (AvgIpc) is 3.19. The molecule has 1 aliphatic rings. The normalized spacial score (nSPS) is 18.4. The minimum Gasteiger partial charge on any atom is -0.491 e. The summed E-state index contributed by atoms with van der Waals surface area (Å²) in [6.07, 6.45) is 2.42. The molecule has 1 aromatic rings. The molecule has 1 unspecified atom stereocenters. The quantitative estimate of drug-likeness (QED) is 0.678. The van der Waals surface area contributed by atoms with E-state index in [9.17, 15) is 5.11 Å². The summed E-state index contributed by atoms with van der Waals surface area (Å²) in [6, 6.07) is 7.81. The van der Waals surface area contributed by atoms with Gasteiger partial charge < -0.3 is 20.3 Å². The monoisotopic (exact) mass is 251 g/mol. The molecular weight excluding hydrogens is 230 g/mol. The summed E-state index contributed by atoms with van der Waals surface area (Å²) in [5, 5.41) is 22.3. The Morgan fingerprint density at radius 3 is 2.56 bits per heavy atom. The summed E-state index contributed by atoms with van der Waals surface area (Å²) < 4.78 is 5.55. The van der Waals surface area contributed by atoms with Gasteiger partial charge in [-0.15, -0.1) is 0 Å². The highest BCUT2D eigenvalue weighted by atomic mass is 16.5. The number of hydrogen-bond acceptors (Lipinski definition) is 4. The third-order valence-corrected chi connectivity index (χ3v) is 3.00. The van der Waals surface area contributed by atoms with Crippen LogP contribution in [0.1, 0.15) is 25.3 Å². The maximum Gasteiger partial charge on any atom is 0.119 e. The number of ether oxygens (including phenoxy) is 1. The first-order valence-electron chi connectivity index (χ1n) is 6.37. The zero-order chi connectivity index (χ0) is 13.0. The zero-order valence-electron chi connectivity index (χ0n) is 10.7. The molecule has 1 fully saturated rings. The molecule has 0 heterocycles. The maximum atomic E-state index is 10.1. The Morgan fingerprint density at radius 1 is 1.33 bits per heavy atom. The third kappa shape index (κ3) is 4.29. The zero-order valence-corrected chi connectivity index (χ0v) is 10.7. The second-order valence-corrected chi connectivity index (χ2v) is 5.24. The first-order valence-corrected chi connectivity index (χ1v) is 6.37. The van der Waals surface area contributed by atoms with Crippen molar-refractivity contribution in [1.82, 2.24) is 5.32 Å². The van der Waals surface area contributed by atoms with E-state index in [0.29, 0.717) is 18.3 Å². The van der Waals surface area contributed by atoms with E-state index < -0.39 is 5.60 Å². The van der Waals surface area contributed by atoms with Crippen LogP contribution < -0.4 is 10.1 Å². The molecule has 0 saturated heterocycles. The Labute approximate surface area is 108 Å². The summed E-state index contributed by atoms with van der Waals surface area (Å²) in [7, 11) is 0. The Morgan fingerprint density at radius 2 is 2.00 bits per heavy atom. The van der Waals surface area contributed by atoms with Crippen molar-refractivity contribution in [2.45, 2.75) is 38.0 Å². The highest BCUT2D eigenvalue weighted by Gasteiger charge is 2.27. The Kier molecular flexibility index (Phi) is 4.22. The Hall–Kier alpha value is -1.10. The van der Waals surface area contributed by atoms with Gasteiger partial charge in [-0.25, -0.2) is 0 Å². The van der Waals surface area contributed by atoms with Crippen LogP contribution >= 0.6 is 0 Å². The van der Waals surface area contributed by atoms with Crippen molar-refractivity contribution in [3.63, 3.8) is 0 Å². The fourth-order valence-corrected chi connectivity index (χ4v) is 1.63. The predicted molar refractivity (Wildman–Crippen MR) is 69.5 cm³/mol. The third-order valence-electron chi connectivity index (χ3n) is 3.00. The smallest absolute Gasteiger partial charge is 0.119 e. The van der Waals surface area contributed by atoms with Crippen LogP contribution in [0.25, 0.3) is 0 Å². The molecule has 0 aliphatic heterocycles. The number of aliphatic hydroxyl groups excluding tert-OH is 1. The summed E-state index contributed by atoms with van der Waals surface area (Å²) in [5.74, 6) is 0.707. The lowest BCUT2D eigenvalue weighted by atomic mass is 10.1. The highest BCUT2D eigenvalue weighted by molar-refractivity contribution is 5.26. The maximum absolute atomic E-state index is 10.1. The van der Waals surface area contributed by atoms with E-state index in [1.54, 1.807) is 19.1 Å².